The molecule has 1 saturated carbocycles. The number of benzene rings is 1. The molecule has 0 saturated heterocycles. The van der Waals surface area contributed by atoms with Crippen LogP contribution in [0.2, 0.25) is 0 Å². The van der Waals surface area contributed by atoms with Gasteiger partial charge in [-0.05, 0) is 51.3 Å². The monoisotopic (exact) mass is 462 g/mol. The Morgan fingerprint density at radius 3 is 2.81 bits per heavy atom. The maximum Gasteiger partial charge on any atom is 0.407 e. The van der Waals surface area contributed by atoms with Crippen LogP contribution in [0.4, 0.5) is 26.8 Å². The number of sulfonamides is 1. The smallest absolute Gasteiger partial charge is 0.407 e. The highest BCUT2D eigenvalue weighted by Crippen LogP contribution is 2.37. The van der Waals surface area contributed by atoms with Gasteiger partial charge in [0.15, 0.2) is 5.82 Å². The Labute approximate surface area is 185 Å². The summed E-state index contributed by atoms with van der Waals surface area (Å²) in [6.45, 7) is 3.76. The Morgan fingerprint density at radius 2 is 2.06 bits per heavy atom. The van der Waals surface area contributed by atoms with Crippen molar-refractivity contribution in [1.82, 2.24) is 20.2 Å². The predicted molar refractivity (Wildman–Crippen MR) is 118 cm³/mol. The van der Waals surface area contributed by atoms with Crippen molar-refractivity contribution >= 4 is 39.3 Å². The molecule has 2 atom stereocenters. The van der Waals surface area contributed by atoms with Gasteiger partial charge in [-0.2, -0.15) is 5.10 Å². The van der Waals surface area contributed by atoms with Gasteiger partial charge in [-0.1, -0.05) is 0 Å². The molecule has 2 aliphatic rings. The molecule has 11 nitrogen and oxygen atoms in total. The van der Waals surface area contributed by atoms with Gasteiger partial charge in [-0.25, -0.2) is 22.7 Å². The van der Waals surface area contributed by atoms with E-state index in [4.69, 9.17) is 4.74 Å². The minimum absolute atomic E-state index is 0.0267. The average molecular weight is 463 g/mol. The van der Waals surface area contributed by atoms with Gasteiger partial charge in [0, 0.05) is 36.5 Å². The molecule has 4 rings (SSSR count). The Morgan fingerprint density at radius 1 is 1.28 bits per heavy atom. The third-order valence-corrected chi connectivity index (χ3v) is 6.88. The Bertz CT molecular complexity index is 1150. The lowest BCUT2D eigenvalue weighted by molar-refractivity contribution is 0.0981. The number of alkyl carbamates (subject to hydrolysis) is 1. The fourth-order valence-corrected chi connectivity index (χ4v) is 5.14. The van der Waals surface area contributed by atoms with E-state index in [-0.39, 0.29) is 28.6 Å². The Kier molecular flexibility index (Phi) is 5.71. The van der Waals surface area contributed by atoms with Crippen molar-refractivity contribution in [1.29, 1.82) is 0 Å². The molecule has 0 spiro atoms. The summed E-state index contributed by atoms with van der Waals surface area (Å²) in [6.07, 6.45) is 1.83. The Balaban J connectivity index is 1.42. The van der Waals surface area contributed by atoms with E-state index < -0.39 is 22.1 Å². The van der Waals surface area contributed by atoms with Crippen molar-refractivity contribution in [3.63, 3.8) is 0 Å². The number of fused-ring (bicyclic) bond motifs is 1. The molecule has 1 aromatic carbocycles. The van der Waals surface area contributed by atoms with Crippen LogP contribution in [0.5, 0.6) is 0 Å². The molecule has 1 aliphatic heterocycles. The van der Waals surface area contributed by atoms with Crippen LogP contribution in [-0.4, -0.2) is 49.9 Å². The van der Waals surface area contributed by atoms with E-state index in [0.29, 0.717) is 17.9 Å². The first-order valence-electron chi connectivity index (χ1n) is 10.4. The first-order chi connectivity index (χ1) is 15.1. The Hall–Kier alpha value is -3.28. The normalized spacial score (nSPS) is 21.8. The fourth-order valence-electron chi connectivity index (χ4n) is 3.94. The standard InChI is InChI=1S/C20H26N6O5S/c1-11(2)21-20(28)31-14-6-4-12(8-14)15-10-18(24-23-15)22-13-5-7-17-16(9-13)26(3)19(27)25-32(17,29)30/h5,7,9-12,14H,4,6,8H2,1-3H3,(H,21,28)(H,25,27)(H2,22,23,24)/t12-,14+/m0/s1. The molecule has 0 radical (unpaired) electrons. The van der Waals surface area contributed by atoms with E-state index in [1.54, 1.807) is 12.1 Å². The molecule has 1 fully saturated rings. The summed E-state index contributed by atoms with van der Waals surface area (Å²) in [7, 11) is -2.37. The van der Waals surface area contributed by atoms with Crippen LogP contribution in [-0.2, 0) is 14.8 Å². The minimum atomic E-state index is -3.87. The molecule has 1 aromatic heterocycles. The third kappa shape index (κ3) is 4.49. The summed E-state index contributed by atoms with van der Waals surface area (Å²) in [6, 6.07) is 5.84. The molecule has 172 valence electrons. The zero-order valence-electron chi connectivity index (χ0n) is 18.0. The number of nitrogens with one attached hydrogen (secondary N) is 4. The van der Waals surface area contributed by atoms with Gasteiger partial charge in [0.2, 0.25) is 0 Å². The van der Waals surface area contributed by atoms with E-state index in [1.165, 1.54) is 18.0 Å². The van der Waals surface area contributed by atoms with E-state index >= 15 is 0 Å². The molecule has 2 heterocycles. The number of rotatable bonds is 5. The number of urea groups is 1. The van der Waals surface area contributed by atoms with E-state index in [9.17, 15) is 18.0 Å². The van der Waals surface area contributed by atoms with Crippen LogP contribution in [0.15, 0.2) is 29.2 Å². The van der Waals surface area contributed by atoms with Crippen molar-refractivity contribution < 1.29 is 22.7 Å². The molecule has 2 aromatic rings. The number of ether oxygens (including phenoxy) is 1. The van der Waals surface area contributed by atoms with Crippen molar-refractivity contribution in [2.45, 2.75) is 56.1 Å². The largest absolute Gasteiger partial charge is 0.446 e. The van der Waals surface area contributed by atoms with E-state index in [0.717, 1.165) is 18.5 Å². The van der Waals surface area contributed by atoms with Crippen LogP contribution in [0.25, 0.3) is 0 Å². The molecule has 4 N–H and O–H groups in total. The zero-order chi connectivity index (χ0) is 23.0. The fraction of sp³-hybridized carbons (Fsp3) is 0.450. The number of anilines is 3. The molecule has 1 aliphatic carbocycles. The molecule has 3 amide bonds. The van der Waals surface area contributed by atoms with Gasteiger partial charge in [-0.3, -0.25) is 10.00 Å². The number of carbonyl (C=O) groups excluding carboxylic acids is 2. The molecule has 0 bridgehead atoms. The topological polar surface area (TPSA) is 146 Å². The van der Waals surface area contributed by atoms with Gasteiger partial charge >= 0.3 is 12.1 Å². The van der Waals surface area contributed by atoms with Crippen LogP contribution < -0.4 is 20.3 Å². The second-order valence-electron chi connectivity index (χ2n) is 8.32. The van der Waals surface area contributed by atoms with Crippen LogP contribution in [0, 0.1) is 0 Å². The summed E-state index contributed by atoms with van der Waals surface area (Å²) in [4.78, 5) is 25.0. The summed E-state index contributed by atoms with van der Waals surface area (Å²) in [5, 5.41) is 13.2. The SMILES string of the molecule is CC(C)NC(=O)O[C@@H]1CC[C@H](c2cc(Nc3ccc4c(c3)N(C)C(=O)NS4(=O)=O)n[nH]2)C1. The summed E-state index contributed by atoms with van der Waals surface area (Å²) < 4.78 is 31.8. The van der Waals surface area contributed by atoms with Crippen molar-refractivity contribution in [2.75, 3.05) is 17.3 Å². The maximum atomic E-state index is 12.2. The molecular formula is C20H26N6O5S. The van der Waals surface area contributed by atoms with Gasteiger partial charge in [-0.15, -0.1) is 0 Å². The van der Waals surface area contributed by atoms with E-state index in [1.807, 2.05) is 24.6 Å². The number of carbonyl (C=O) groups is 2. The van der Waals surface area contributed by atoms with E-state index in [2.05, 4.69) is 20.8 Å². The number of H-pyrrole nitrogens is 1. The molecule has 12 heteroatoms. The first-order valence-corrected chi connectivity index (χ1v) is 11.8. The highest BCUT2D eigenvalue weighted by atomic mass is 32.2. The highest BCUT2D eigenvalue weighted by molar-refractivity contribution is 7.90. The maximum absolute atomic E-state index is 12.2. The predicted octanol–water partition coefficient (Wildman–Crippen LogP) is 2.77. The average Bonchev–Trinajstić information content (AvgIpc) is 3.34. The van der Waals surface area contributed by atoms with Gasteiger partial charge < -0.3 is 15.4 Å². The summed E-state index contributed by atoms with van der Waals surface area (Å²) in [5.41, 5.74) is 1.81. The van der Waals surface area contributed by atoms with Crippen LogP contribution in [0.1, 0.15) is 44.7 Å². The quantitative estimate of drug-likeness (QED) is 0.534. The lowest BCUT2D eigenvalue weighted by Gasteiger charge is -2.26. The third-order valence-electron chi connectivity index (χ3n) is 5.51. The highest BCUT2D eigenvalue weighted by Gasteiger charge is 2.32. The number of hydrogen-bond acceptors (Lipinski definition) is 7. The molecule has 32 heavy (non-hydrogen) atoms. The first kappa shape index (κ1) is 21.9. The van der Waals surface area contributed by atoms with Gasteiger partial charge in [0.05, 0.1) is 5.69 Å². The number of aromatic amines is 1. The van der Waals surface area contributed by atoms with Crippen molar-refractivity contribution in [3.05, 3.63) is 30.0 Å². The summed E-state index contributed by atoms with van der Waals surface area (Å²) in [5.74, 6) is 0.756. The van der Waals surface area contributed by atoms with Gasteiger partial charge in [0.25, 0.3) is 10.0 Å². The van der Waals surface area contributed by atoms with Crippen LogP contribution in [0.3, 0.4) is 0 Å². The second kappa shape index (κ2) is 8.34. The summed E-state index contributed by atoms with van der Waals surface area (Å²) >= 11 is 0. The number of amides is 3. The van der Waals surface area contributed by atoms with Gasteiger partial charge in [0.1, 0.15) is 11.0 Å². The molecular weight excluding hydrogens is 436 g/mol. The number of nitrogens with zero attached hydrogens (tertiary/aromatic N) is 2. The van der Waals surface area contributed by atoms with Crippen LogP contribution >= 0.6 is 0 Å². The zero-order valence-corrected chi connectivity index (χ0v) is 18.8. The second-order valence-corrected chi connectivity index (χ2v) is 9.97. The lowest BCUT2D eigenvalue weighted by Crippen LogP contribution is -2.45. The number of hydrogen-bond donors (Lipinski definition) is 4. The van der Waals surface area contributed by atoms with Crippen molar-refractivity contribution in [3.8, 4) is 0 Å². The minimum Gasteiger partial charge on any atom is -0.446 e. The molecule has 0 unspecified atom stereocenters. The number of aromatic nitrogens is 2. The lowest BCUT2D eigenvalue weighted by atomic mass is 10.0. The van der Waals surface area contributed by atoms with Crippen molar-refractivity contribution in [2.24, 2.45) is 0 Å².